The molecular weight excluding hydrogens is 280 g/mol. The highest BCUT2D eigenvalue weighted by Crippen LogP contribution is 2.28. The maximum absolute atomic E-state index is 5.65. The lowest BCUT2D eigenvalue weighted by Gasteiger charge is -2.09. The van der Waals surface area contributed by atoms with Crippen LogP contribution in [0.5, 0.6) is 0 Å². The topological polar surface area (TPSA) is 44.2 Å². The van der Waals surface area contributed by atoms with E-state index in [4.69, 9.17) is 9.47 Å². The number of ether oxygens (including phenoxy) is 2. The molecule has 0 spiro atoms. The van der Waals surface area contributed by atoms with Crippen molar-refractivity contribution in [1.82, 2.24) is 9.97 Å². The molecule has 0 unspecified atom stereocenters. The molecule has 0 saturated carbocycles. The minimum absolute atomic E-state index is 0.313. The van der Waals surface area contributed by atoms with Gasteiger partial charge in [-0.05, 0) is 24.3 Å². The Labute approximate surface area is 120 Å². The number of thiophene rings is 1. The van der Waals surface area contributed by atoms with Crippen LogP contribution in [0, 0.1) is 0 Å². The monoisotopic (exact) mass is 296 g/mol. The summed E-state index contributed by atoms with van der Waals surface area (Å²) in [5.41, 5.74) is 1.03. The number of aromatic nitrogens is 2. The van der Waals surface area contributed by atoms with E-state index in [2.05, 4.69) is 15.3 Å². The summed E-state index contributed by atoms with van der Waals surface area (Å²) in [6.07, 6.45) is 4.24. The Balaban J connectivity index is 1.43. The Morgan fingerprint density at radius 2 is 2.47 bits per heavy atom. The van der Waals surface area contributed by atoms with E-state index in [0.29, 0.717) is 6.10 Å². The smallest absolute Gasteiger partial charge is 0.117 e. The molecule has 6 heteroatoms. The van der Waals surface area contributed by atoms with Gasteiger partial charge in [-0.15, -0.1) is 23.1 Å². The molecule has 2 aromatic heterocycles. The number of rotatable bonds is 6. The summed E-state index contributed by atoms with van der Waals surface area (Å²) in [4.78, 5) is 8.57. The zero-order valence-corrected chi connectivity index (χ0v) is 12.2. The Hall–Kier alpha value is -0.690. The van der Waals surface area contributed by atoms with Crippen molar-refractivity contribution in [2.45, 2.75) is 24.0 Å². The summed E-state index contributed by atoms with van der Waals surface area (Å²) >= 11 is 3.42. The van der Waals surface area contributed by atoms with Gasteiger partial charge in [-0.2, -0.15) is 0 Å². The highest BCUT2D eigenvalue weighted by molar-refractivity contribution is 7.99. The number of thioether (sulfide) groups is 1. The van der Waals surface area contributed by atoms with Crippen LogP contribution in [0.2, 0.25) is 0 Å². The number of nitrogens with zero attached hydrogens (tertiary/aromatic N) is 2. The molecule has 0 amide bonds. The minimum Gasteiger partial charge on any atom is -0.378 e. The predicted molar refractivity (Wildman–Crippen MR) is 77.9 cm³/mol. The first kappa shape index (κ1) is 13.3. The summed E-state index contributed by atoms with van der Waals surface area (Å²) in [7, 11) is 0. The van der Waals surface area contributed by atoms with E-state index in [0.717, 1.165) is 42.5 Å². The molecule has 19 heavy (non-hydrogen) atoms. The Morgan fingerprint density at radius 1 is 1.47 bits per heavy atom. The van der Waals surface area contributed by atoms with Crippen LogP contribution in [-0.2, 0) is 9.47 Å². The quantitative estimate of drug-likeness (QED) is 0.466. The molecule has 3 rings (SSSR count). The Morgan fingerprint density at radius 3 is 3.37 bits per heavy atom. The highest BCUT2D eigenvalue weighted by Gasteiger charge is 2.15. The average molecular weight is 296 g/mol. The second-order valence-electron chi connectivity index (χ2n) is 4.37. The summed E-state index contributed by atoms with van der Waals surface area (Å²) in [5, 5.41) is 3.11. The van der Waals surface area contributed by atoms with Crippen molar-refractivity contribution in [2.75, 3.05) is 25.6 Å². The van der Waals surface area contributed by atoms with Crippen molar-refractivity contribution >= 4 is 33.3 Å². The number of hydrogen-bond donors (Lipinski definition) is 0. The first-order chi connectivity index (χ1) is 9.43. The van der Waals surface area contributed by atoms with Crippen LogP contribution < -0.4 is 0 Å². The molecule has 0 bridgehead atoms. The standard InChI is InChI=1S/C13H16N2O2S2/c1-2-10(17-4-1)8-16-5-7-19-13-12-11(3-6-18-12)14-9-15-13/h3,6,9-10H,1-2,4-5,7-8H2/t10-/m1/s1. The first-order valence-corrected chi connectivity index (χ1v) is 8.30. The second-order valence-corrected chi connectivity index (χ2v) is 6.37. The van der Waals surface area contributed by atoms with Gasteiger partial charge in [-0.1, -0.05) is 0 Å². The lowest BCUT2D eigenvalue weighted by Crippen LogP contribution is -2.15. The zero-order valence-electron chi connectivity index (χ0n) is 10.6. The van der Waals surface area contributed by atoms with E-state index >= 15 is 0 Å². The summed E-state index contributed by atoms with van der Waals surface area (Å²) < 4.78 is 12.3. The largest absolute Gasteiger partial charge is 0.378 e. The molecule has 1 aliphatic rings. The second kappa shape index (κ2) is 6.65. The third-order valence-corrected chi connectivity index (χ3v) is 5.00. The van der Waals surface area contributed by atoms with Crippen molar-refractivity contribution in [2.24, 2.45) is 0 Å². The van der Waals surface area contributed by atoms with Gasteiger partial charge < -0.3 is 9.47 Å². The maximum Gasteiger partial charge on any atom is 0.117 e. The van der Waals surface area contributed by atoms with E-state index in [1.54, 1.807) is 29.4 Å². The van der Waals surface area contributed by atoms with Crippen molar-refractivity contribution in [1.29, 1.82) is 0 Å². The molecule has 3 heterocycles. The van der Waals surface area contributed by atoms with Crippen molar-refractivity contribution in [3.63, 3.8) is 0 Å². The first-order valence-electron chi connectivity index (χ1n) is 6.44. The Bertz CT molecular complexity index is 526. The minimum atomic E-state index is 0.313. The van der Waals surface area contributed by atoms with Crippen molar-refractivity contribution < 1.29 is 9.47 Å². The van der Waals surface area contributed by atoms with Gasteiger partial charge in [-0.3, -0.25) is 0 Å². The average Bonchev–Trinajstić information content (AvgIpc) is 3.09. The van der Waals surface area contributed by atoms with E-state index in [1.807, 2.05) is 6.07 Å². The molecule has 0 aromatic carbocycles. The van der Waals surface area contributed by atoms with Gasteiger partial charge in [0.25, 0.3) is 0 Å². The lowest BCUT2D eigenvalue weighted by molar-refractivity contribution is 0.0226. The van der Waals surface area contributed by atoms with Crippen LogP contribution in [0.4, 0.5) is 0 Å². The molecule has 1 saturated heterocycles. The van der Waals surface area contributed by atoms with Crippen LogP contribution in [0.15, 0.2) is 22.8 Å². The van der Waals surface area contributed by atoms with Gasteiger partial charge in [0, 0.05) is 12.4 Å². The lowest BCUT2D eigenvalue weighted by atomic mass is 10.2. The zero-order chi connectivity index (χ0) is 12.9. The maximum atomic E-state index is 5.65. The van der Waals surface area contributed by atoms with Crippen LogP contribution in [0.1, 0.15) is 12.8 Å². The van der Waals surface area contributed by atoms with Crippen molar-refractivity contribution in [3.05, 3.63) is 17.8 Å². The summed E-state index contributed by atoms with van der Waals surface area (Å²) in [5.74, 6) is 0.913. The highest BCUT2D eigenvalue weighted by atomic mass is 32.2. The van der Waals surface area contributed by atoms with Gasteiger partial charge in [0.05, 0.1) is 29.5 Å². The van der Waals surface area contributed by atoms with Crippen LogP contribution in [0.25, 0.3) is 10.2 Å². The molecule has 102 valence electrons. The van der Waals surface area contributed by atoms with Gasteiger partial charge in [0.2, 0.25) is 0 Å². The van der Waals surface area contributed by atoms with E-state index in [9.17, 15) is 0 Å². The molecule has 1 aliphatic heterocycles. The molecule has 1 fully saturated rings. The summed E-state index contributed by atoms with van der Waals surface area (Å²) in [6, 6.07) is 2.03. The predicted octanol–water partition coefficient (Wildman–Crippen LogP) is 2.98. The molecule has 0 radical (unpaired) electrons. The van der Waals surface area contributed by atoms with E-state index in [1.165, 1.54) is 11.1 Å². The van der Waals surface area contributed by atoms with Gasteiger partial charge in [-0.25, -0.2) is 9.97 Å². The van der Waals surface area contributed by atoms with E-state index in [-0.39, 0.29) is 0 Å². The van der Waals surface area contributed by atoms with Crippen LogP contribution >= 0.6 is 23.1 Å². The fraction of sp³-hybridized carbons (Fsp3) is 0.538. The SMILES string of the molecule is c1nc(SCCOC[C@H]2CCCO2)c2sccc2n1. The molecule has 4 nitrogen and oxygen atoms in total. The number of hydrogen-bond acceptors (Lipinski definition) is 6. The third kappa shape index (κ3) is 3.45. The van der Waals surface area contributed by atoms with E-state index < -0.39 is 0 Å². The molecule has 0 aliphatic carbocycles. The van der Waals surface area contributed by atoms with Crippen LogP contribution in [-0.4, -0.2) is 41.6 Å². The number of fused-ring (bicyclic) bond motifs is 1. The van der Waals surface area contributed by atoms with Crippen molar-refractivity contribution in [3.8, 4) is 0 Å². The van der Waals surface area contributed by atoms with Crippen LogP contribution in [0.3, 0.4) is 0 Å². The van der Waals surface area contributed by atoms with Gasteiger partial charge >= 0.3 is 0 Å². The fourth-order valence-corrected chi connectivity index (χ4v) is 3.86. The normalized spacial score (nSPS) is 19.3. The molecule has 1 atom stereocenters. The van der Waals surface area contributed by atoms with Gasteiger partial charge in [0.1, 0.15) is 11.4 Å². The Kier molecular flexibility index (Phi) is 4.66. The fourth-order valence-electron chi connectivity index (χ4n) is 2.06. The van der Waals surface area contributed by atoms with Gasteiger partial charge in [0.15, 0.2) is 0 Å². The summed E-state index contributed by atoms with van der Waals surface area (Å²) in [6.45, 7) is 2.35. The molecule has 0 N–H and O–H groups in total. The third-order valence-electron chi connectivity index (χ3n) is 3.00. The molecular formula is C13H16N2O2S2. The molecule has 2 aromatic rings.